The third kappa shape index (κ3) is 3.62. The van der Waals surface area contributed by atoms with Crippen molar-refractivity contribution in [3.63, 3.8) is 0 Å². The van der Waals surface area contributed by atoms with Gasteiger partial charge in [-0.2, -0.15) is 0 Å². The second-order valence-corrected chi connectivity index (χ2v) is 3.68. The predicted molar refractivity (Wildman–Crippen MR) is 57.3 cm³/mol. The van der Waals surface area contributed by atoms with Crippen molar-refractivity contribution in [2.75, 3.05) is 14.2 Å². The first-order chi connectivity index (χ1) is 7.17. The average Bonchev–Trinajstić information content (AvgIpc) is 2.24. The van der Waals surface area contributed by atoms with Crippen LogP contribution in [0.15, 0.2) is 22.7 Å². The maximum atomic E-state index is 11.3. The zero-order chi connectivity index (χ0) is 11.3. The number of carbonyl (C=O) groups is 1. The van der Waals surface area contributed by atoms with Gasteiger partial charge in [-0.1, -0.05) is 15.9 Å². The van der Waals surface area contributed by atoms with Gasteiger partial charge in [0.15, 0.2) is 0 Å². The van der Waals surface area contributed by atoms with Crippen LogP contribution in [-0.4, -0.2) is 20.2 Å². The lowest BCUT2D eigenvalue weighted by molar-refractivity contribution is -0.282. The molecule has 0 aliphatic heterocycles. The third-order valence-electron chi connectivity index (χ3n) is 1.72. The Morgan fingerprint density at radius 3 is 2.67 bits per heavy atom. The van der Waals surface area contributed by atoms with Crippen LogP contribution in [-0.2, 0) is 21.1 Å². The molecule has 0 saturated heterocycles. The molecule has 5 heteroatoms. The lowest BCUT2D eigenvalue weighted by Gasteiger charge is -2.05. The minimum Gasteiger partial charge on any atom is -0.465 e. The van der Waals surface area contributed by atoms with E-state index in [1.165, 1.54) is 14.2 Å². The van der Waals surface area contributed by atoms with Gasteiger partial charge >= 0.3 is 5.97 Å². The van der Waals surface area contributed by atoms with Gasteiger partial charge in [0.1, 0.15) is 6.61 Å². The summed E-state index contributed by atoms with van der Waals surface area (Å²) in [5, 5.41) is 0. The molecule has 0 bridgehead atoms. The van der Waals surface area contributed by atoms with Crippen LogP contribution in [0.25, 0.3) is 0 Å². The Labute approximate surface area is 96.2 Å². The van der Waals surface area contributed by atoms with Crippen molar-refractivity contribution >= 4 is 21.9 Å². The molecule has 0 saturated carbocycles. The number of carbonyl (C=O) groups excluding carboxylic acids is 1. The van der Waals surface area contributed by atoms with Gasteiger partial charge in [0.05, 0.1) is 19.8 Å². The highest BCUT2D eigenvalue weighted by molar-refractivity contribution is 9.10. The van der Waals surface area contributed by atoms with Crippen LogP contribution in [0.1, 0.15) is 15.9 Å². The average molecular weight is 275 g/mol. The van der Waals surface area contributed by atoms with E-state index in [2.05, 4.69) is 25.6 Å². The van der Waals surface area contributed by atoms with Gasteiger partial charge in [0.25, 0.3) is 0 Å². The molecule has 0 aliphatic carbocycles. The molecule has 1 aromatic rings. The molecule has 0 aromatic heterocycles. The molecule has 0 fully saturated rings. The maximum absolute atomic E-state index is 11.3. The number of hydrogen-bond donors (Lipinski definition) is 0. The van der Waals surface area contributed by atoms with Gasteiger partial charge in [-0.25, -0.2) is 14.6 Å². The highest BCUT2D eigenvalue weighted by Gasteiger charge is 2.08. The summed E-state index contributed by atoms with van der Waals surface area (Å²) in [6, 6.07) is 5.21. The van der Waals surface area contributed by atoms with Crippen LogP contribution >= 0.6 is 15.9 Å². The molecule has 1 aromatic carbocycles. The number of methoxy groups -OCH3 is 1. The zero-order valence-corrected chi connectivity index (χ0v) is 10.0. The van der Waals surface area contributed by atoms with Crippen LogP contribution in [0.5, 0.6) is 0 Å². The molecule has 4 nitrogen and oxygen atoms in total. The summed E-state index contributed by atoms with van der Waals surface area (Å²) in [4.78, 5) is 20.5. The first kappa shape index (κ1) is 12.2. The van der Waals surface area contributed by atoms with E-state index in [0.717, 1.165) is 10.0 Å². The smallest absolute Gasteiger partial charge is 0.337 e. The van der Waals surface area contributed by atoms with Gasteiger partial charge in [-0.3, -0.25) is 0 Å². The molecule has 0 N–H and O–H groups in total. The standard InChI is InChI=1S/C10H11BrO4/c1-13-10(12)8-3-7(6-15-14-2)4-9(11)5-8/h3-5H,6H2,1-2H3. The quantitative estimate of drug-likeness (QED) is 0.480. The van der Waals surface area contributed by atoms with E-state index in [-0.39, 0.29) is 12.6 Å². The van der Waals surface area contributed by atoms with Gasteiger partial charge in [-0.15, -0.1) is 0 Å². The molecule has 0 amide bonds. The highest BCUT2D eigenvalue weighted by Crippen LogP contribution is 2.17. The van der Waals surface area contributed by atoms with Gasteiger partial charge < -0.3 is 4.74 Å². The maximum Gasteiger partial charge on any atom is 0.337 e. The topological polar surface area (TPSA) is 44.8 Å². The number of benzene rings is 1. The third-order valence-corrected chi connectivity index (χ3v) is 2.18. The normalized spacial score (nSPS) is 10.1. The highest BCUT2D eigenvalue weighted by atomic mass is 79.9. The monoisotopic (exact) mass is 274 g/mol. The Morgan fingerprint density at radius 2 is 2.07 bits per heavy atom. The lowest BCUT2D eigenvalue weighted by atomic mass is 10.1. The first-order valence-corrected chi connectivity index (χ1v) is 5.00. The summed E-state index contributed by atoms with van der Waals surface area (Å²) in [7, 11) is 2.77. The summed E-state index contributed by atoms with van der Waals surface area (Å²) in [6.07, 6.45) is 0. The van der Waals surface area contributed by atoms with Gasteiger partial charge in [0.2, 0.25) is 0 Å². The van der Waals surface area contributed by atoms with E-state index >= 15 is 0 Å². The van der Waals surface area contributed by atoms with Crippen molar-refractivity contribution in [2.45, 2.75) is 6.61 Å². The van der Waals surface area contributed by atoms with E-state index in [1.54, 1.807) is 12.1 Å². The van der Waals surface area contributed by atoms with Crippen LogP contribution in [0, 0.1) is 0 Å². The fourth-order valence-corrected chi connectivity index (χ4v) is 1.64. The van der Waals surface area contributed by atoms with E-state index in [9.17, 15) is 4.79 Å². The van der Waals surface area contributed by atoms with E-state index in [4.69, 9.17) is 4.89 Å². The Kier molecular flexibility index (Phi) is 4.74. The van der Waals surface area contributed by atoms with Crippen LogP contribution in [0.3, 0.4) is 0 Å². The Morgan fingerprint density at radius 1 is 1.33 bits per heavy atom. The predicted octanol–water partition coefficient (Wildman–Crippen LogP) is 2.31. The SMILES string of the molecule is COOCc1cc(Br)cc(C(=O)OC)c1. The fraction of sp³-hybridized carbons (Fsp3) is 0.300. The molecule has 0 heterocycles. The fourth-order valence-electron chi connectivity index (χ4n) is 1.10. The molecule has 0 atom stereocenters. The molecule has 0 aliphatic rings. The van der Waals surface area contributed by atoms with Crippen molar-refractivity contribution in [2.24, 2.45) is 0 Å². The molecule has 82 valence electrons. The molecule has 1 rings (SSSR count). The largest absolute Gasteiger partial charge is 0.465 e. The molecule has 15 heavy (non-hydrogen) atoms. The van der Waals surface area contributed by atoms with Crippen molar-refractivity contribution in [1.82, 2.24) is 0 Å². The number of hydrogen-bond acceptors (Lipinski definition) is 4. The molecule has 0 spiro atoms. The first-order valence-electron chi connectivity index (χ1n) is 4.20. The lowest BCUT2D eigenvalue weighted by Crippen LogP contribution is -2.02. The zero-order valence-electron chi connectivity index (χ0n) is 8.45. The second kappa shape index (κ2) is 5.85. The number of esters is 1. The van der Waals surface area contributed by atoms with Gasteiger partial charge in [-0.05, 0) is 23.8 Å². The molecule has 0 radical (unpaired) electrons. The van der Waals surface area contributed by atoms with Crippen molar-refractivity contribution in [1.29, 1.82) is 0 Å². The van der Waals surface area contributed by atoms with E-state index in [1.807, 2.05) is 6.07 Å². The summed E-state index contributed by atoms with van der Waals surface area (Å²) < 4.78 is 5.41. The van der Waals surface area contributed by atoms with Crippen LogP contribution in [0.4, 0.5) is 0 Å². The molecular weight excluding hydrogens is 264 g/mol. The second-order valence-electron chi connectivity index (χ2n) is 2.77. The van der Waals surface area contributed by atoms with E-state index < -0.39 is 0 Å². The molecule has 0 unspecified atom stereocenters. The van der Waals surface area contributed by atoms with Crippen molar-refractivity contribution in [3.05, 3.63) is 33.8 Å². The Hall–Kier alpha value is -0.910. The van der Waals surface area contributed by atoms with Crippen LogP contribution < -0.4 is 0 Å². The van der Waals surface area contributed by atoms with Crippen molar-refractivity contribution < 1.29 is 19.3 Å². The Balaban J connectivity index is 2.89. The number of halogens is 1. The summed E-state index contributed by atoms with van der Waals surface area (Å²) in [5.74, 6) is -0.380. The van der Waals surface area contributed by atoms with Crippen LogP contribution in [0.2, 0.25) is 0 Å². The Bertz CT molecular complexity index is 351. The summed E-state index contributed by atoms with van der Waals surface area (Å²) in [5.41, 5.74) is 1.30. The molecular formula is C10H11BrO4. The minimum absolute atomic E-state index is 0.278. The number of ether oxygens (including phenoxy) is 1. The summed E-state index contributed by atoms with van der Waals surface area (Å²) >= 11 is 3.30. The van der Waals surface area contributed by atoms with Gasteiger partial charge in [0, 0.05) is 4.47 Å². The minimum atomic E-state index is -0.380. The van der Waals surface area contributed by atoms with E-state index in [0.29, 0.717) is 5.56 Å². The van der Waals surface area contributed by atoms with Crippen molar-refractivity contribution in [3.8, 4) is 0 Å². The summed E-state index contributed by atoms with van der Waals surface area (Å²) in [6.45, 7) is 0.278. The number of rotatable bonds is 4.